The van der Waals surface area contributed by atoms with E-state index < -0.39 is 5.41 Å². The largest absolute Gasteiger partial charge is 0.375 e. The lowest BCUT2D eigenvalue weighted by Crippen LogP contribution is -2.40. The van der Waals surface area contributed by atoms with Crippen molar-refractivity contribution in [1.29, 1.82) is 5.26 Å². The van der Waals surface area contributed by atoms with Crippen molar-refractivity contribution in [2.75, 3.05) is 11.9 Å². The number of hydrogen-bond acceptors (Lipinski definition) is 5. The second-order valence-corrected chi connectivity index (χ2v) is 10.6. The van der Waals surface area contributed by atoms with Crippen LogP contribution in [0.4, 0.5) is 5.69 Å². The van der Waals surface area contributed by atoms with E-state index in [1.54, 1.807) is 17.1 Å². The molecule has 3 heterocycles. The zero-order valence-corrected chi connectivity index (χ0v) is 20.7. The van der Waals surface area contributed by atoms with Crippen LogP contribution < -0.4 is 5.32 Å². The van der Waals surface area contributed by atoms with Gasteiger partial charge in [-0.2, -0.15) is 10.4 Å². The second-order valence-electron chi connectivity index (χ2n) is 10.6. The molecule has 0 bridgehead atoms. The molecule has 1 spiro atoms. The molecule has 2 saturated carbocycles. The average Bonchev–Trinajstić information content (AvgIpc) is 3.55. The first-order valence-electron chi connectivity index (χ1n) is 13.0. The van der Waals surface area contributed by atoms with Crippen molar-refractivity contribution < 1.29 is 9.53 Å². The minimum Gasteiger partial charge on any atom is -0.375 e. The van der Waals surface area contributed by atoms with Crippen molar-refractivity contribution in [3.63, 3.8) is 0 Å². The van der Waals surface area contributed by atoms with E-state index in [0.717, 1.165) is 62.2 Å². The molecule has 2 aliphatic carbocycles. The van der Waals surface area contributed by atoms with Crippen LogP contribution in [-0.2, 0) is 10.2 Å². The maximum Gasteiger partial charge on any atom is 0.259 e. The number of anilines is 1. The number of nitriles is 1. The zero-order valence-electron chi connectivity index (χ0n) is 20.7. The zero-order chi connectivity index (χ0) is 24.8. The highest BCUT2D eigenvalue weighted by molar-refractivity contribution is 6.04. The van der Waals surface area contributed by atoms with E-state index in [4.69, 9.17) is 4.74 Å². The fraction of sp³-hybridized carbons (Fsp3) is 0.448. The lowest BCUT2D eigenvalue weighted by Gasteiger charge is -2.40. The molecular formula is C29H31N5O2. The number of carbonyl (C=O) groups is 1. The number of aromatic nitrogens is 3. The van der Waals surface area contributed by atoms with Gasteiger partial charge in [0.15, 0.2) is 0 Å². The molecule has 1 aliphatic heterocycles. The molecule has 0 atom stereocenters. The molecule has 3 fully saturated rings. The minimum atomic E-state index is -0.591. The van der Waals surface area contributed by atoms with Gasteiger partial charge in [-0.05, 0) is 94.0 Å². The Hall–Kier alpha value is -3.50. The summed E-state index contributed by atoms with van der Waals surface area (Å²) in [6.45, 7) is 2.73. The summed E-state index contributed by atoms with van der Waals surface area (Å²) in [5.41, 5.74) is 4.37. The van der Waals surface area contributed by atoms with Gasteiger partial charge in [0.1, 0.15) is 0 Å². The van der Waals surface area contributed by atoms with Crippen LogP contribution in [0.5, 0.6) is 0 Å². The lowest BCUT2D eigenvalue weighted by atomic mass is 9.67. The summed E-state index contributed by atoms with van der Waals surface area (Å²) in [6, 6.07) is 14.7. The van der Waals surface area contributed by atoms with Gasteiger partial charge in [-0.3, -0.25) is 9.78 Å². The van der Waals surface area contributed by atoms with Gasteiger partial charge >= 0.3 is 0 Å². The van der Waals surface area contributed by atoms with Gasteiger partial charge in [-0.1, -0.05) is 12.1 Å². The van der Waals surface area contributed by atoms with Crippen molar-refractivity contribution in [1.82, 2.24) is 14.8 Å². The van der Waals surface area contributed by atoms with E-state index in [1.165, 1.54) is 18.4 Å². The van der Waals surface area contributed by atoms with E-state index in [2.05, 4.69) is 45.7 Å². The molecule has 7 heteroatoms. The van der Waals surface area contributed by atoms with Gasteiger partial charge in [0.25, 0.3) is 5.91 Å². The summed E-state index contributed by atoms with van der Waals surface area (Å²) in [6.07, 6.45) is 11.3. The normalized spacial score (nSPS) is 25.6. The Labute approximate surface area is 211 Å². The van der Waals surface area contributed by atoms with Crippen molar-refractivity contribution >= 4 is 11.6 Å². The smallest absolute Gasteiger partial charge is 0.259 e. The van der Waals surface area contributed by atoms with Crippen LogP contribution in [0.25, 0.3) is 5.69 Å². The SMILES string of the molecule is Cc1c(C(=O)Nc2ccc([C@]3(C#N)CC[C@]4(CCCO4)CC3)nc2)cnn1-c1ccc(C2CC2)cc1. The van der Waals surface area contributed by atoms with Crippen LogP contribution in [0.3, 0.4) is 0 Å². The van der Waals surface area contributed by atoms with Gasteiger partial charge in [-0.25, -0.2) is 4.68 Å². The molecule has 1 amide bonds. The molecule has 2 aromatic heterocycles. The first-order chi connectivity index (χ1) is 17.5. The molecule has 184 valence electrons. The van der Waals surface area contributed by atoms with Gasteiger partial charge in [0.05, 0.1) is 57.8 Å². The summed E-state index contributed by atoms with van der Waals surface area (Å²) in [4.78, 5) is 17.6. The van der Waals surface area contributed by atoms with Gasteiger partial charge in [0, 0.05) is 6.61 Å². The third kappa shape index (κ3) is 4.10. The maximum atomic E-state index is 13.0. The molecule has 0 radical (unpaired) electrons. The van der Waals surface area contributed by atoms with Crippen LogP contribution in [0.1, 0.15) is 84.6 Å². The first-order valence-corrected chi connectivity index (χ1v) is 13.0. The number of nitrogens with one attached hydrogen (secondary N) is 1. The quantitative estimate of drug-likeness (QED) is 0.513. The molecule has 7 nitrogen and oxygen atoms in total. The van der Waals surface area contributed by atoms with E-state index in [-0.39, 0.29) is 11.5 Å². The highest BCUT2D eigenvalue weighted by Crippen LogP contribution is 2.47. The number of carbonyl (C=O) groups excluding carboxylic acids is 1. The van der Waals surface area contributed by atoms with E-state index in [9.17, 15) is 10.1 Å². The van der Waals surface area contributed by atoms with Crippen LogP contribution in [0.15, 0.2) is 48.8 Å². The molecule has 0 unspecified atom stereocenters. The van der Waals surface area contributed by atoms with Crippen LogP contribution in [0.2, 0.25) is 0 Å². The van der Waals surface area contributed by atoms with Crippen molar-refractivity contribution in [3.05, 3.63) is 71.3 Å². The fourth-order valence-corrected chi connectivity index (χ4v) is 5.85. The minimum absolute atomic E-state index is 0.0319. The third-order valence-electron chi connectivity index (χ3n) is 8.37. The summed E-state index contributed by atoms with van der Waals surface area (Å²) in [5.74, 6) is 0.481. The van der Waals surface area contributed by atoms with Gasteiger partial charge in [0.2, 0.25) is 0 Å². The molecule has 6 rings (SSSR count). The molecular weight excluding hydrogens is 450 g/mol. The summed E-state index contributed by atoms with van der Waals surface area (Å²) in [5, 5.41) is 17.4. The van der Waals surface area contributed by atoms with Crippen LogP contribution in [-0.4, -0.2) is 32.9 Å². The van der Waals surface area contributed by atoms with Gasteiger partial charge < -0.3 is 10.1 Å². The van der Waals surface area contributed by atoms with Crippen molar-refractivity contribution in [2.45, 2.75) is 75.2 Å². The monoisotopic (exact) mass is 481 g/mol. The first kappa shape index (κ1) is 22.9. The third-order valence-corrected chi connectivity index (χ3v) is 8.37. The van der Waals surface area contributed by atoms with Gasteiger partial charge in [-0.15, -0.1) is 0 Å². The predicted octanol–water partition coefficient (Wildman–Crippen LogP) is 5.59. The lowest BCUT2D eigenvalue weighted by molar-refractivity contribution is -0.0347. The van der Waals surface area contributed by atoms with Crippen molar-refractivity contribution in [3.8, 4) is 11.8 Å². The number of nitrogens with zero attached hydrogens (tertiary/aromatic N) is 4. The summed E-state index contributed by atoms with van der Waals surface area (Å²) in [7, 11) is 0. The molecule has 1 saturated heterocycles. The Morgan fingerprint density at radius 1 is 1.08 bits per heavy atom. The Morgan fingerprint density at radius 2 is 1.86 bits per heavy atom. The van der Waals surface area contributed by atoms with Crippen LogP contribution >= 0.6 is 0 Å². The summed E-state index contributed by atoms with van der Waals surface area (Å²) < 4.78 is 7.83. The fourth-order valence-electron chi connectivity index (χ4n) is 5.85. The predicted molar refractivity (Wildman–Crippen MR) is 136 cm³/mol. The molecule has 3 aliphatic rings. The Morgan fingerprint density at radius 3 is 2.47 bits per heavy atom. The number of pyridine rings is 1. The standard InChI is InChI=1S/C29H31N5O2/c1-20-25(18-32-34(20)24-8-5-22(6-9-24)21-3-4-21)27(35)33-23-7-10-26(31-17-23)28(19-30)12-14-29(15-13-28)11-2-16-36-29/h5-10,17-18,21H,2-4,11-16H2,1H3,(H,33,35)/t28-,29-. The maximum absolute atomic E-state index is 13.0. The number of rotatable bonds is 5. The summed E-state index contributed by atoms with van der Waals surface area (Å²) >= 11 is 0. The van der Waals surface area contributed by atoms with E-state index in [1.807, 2.05) is 19.1 Å². The topological polar surface area (TPSA) is 92.8 Å². The van der Waals surface area contributed by atoms with Crippen molar-refractivity contribution in [2.24, 2.45) is 0 Å². The number of ether oxygens (including phenoxy) is 1. The molecule has 3 aromatic rings. The number of amides is 1. The molecule has 36 heavy (non-hydrogen) atoms. The second kappa shape index (κ2) is 8.86. The Kier molecular flexibility index (Phi) is 5.65. The van der Waals surface area contributed by atoms with Crippen LogP contribution in [0, 0.1) is 18.3 Å². The van der Waals surface area contributed by atoms with E-state index in [0.29, 0.717) is 17.2 Å². The highest BCUT2D eigenvalue weighted by atomic mass is 16.5. The Bertz CT molecular complexity index is 1300. The molecule has 1 aromatic carbocycles. The number of benzene rings is 1. The molecule has 1 N–H and O–H groups in total. The van der Waals surface area contributed by atoms with E-state index >= 15 is 0 Å². The number of hydrogen-bond donors (Lipinski definition) is 1. The Balaban J connectivity index is 1.14. The average molecular weight is 482 g/mol. The highest BCUT2D eigenvalue weighted by Gasteiger charge is 2.46.